The Hall–Kier alpha value is -1.85. The number of fused-ring (bicyclic) bond motifs is 1. The molecule has 3 unspecified atom stereocenters. The molecule has 3 rings (SSSR count). The molecule has 1 aromatic heterocycles. The van der Waals surface area contributed by atoms with E-state index in [0.717, 1.165) is 25.7 Å². The van der Waals surface area contributed by atoms with Gasteiger partial charge in [0.25, 0.3) is 5.91 Å². The minimum atomic E-state index is -0.890. The molecule has 2 heterocycles. The molecule has 6 heteroatoms. The van der Waals surface area contributed by atoms with E-state index in [0.29, 0.717) is 23.6 Å². The van der Waals surface area contributed by atoms with Gasteiger partial charge in [-0.2, -0.15) is 5.10 Å². The van der Waals surface area contributed by atoms with Crippen molar-refractivity contribution >= 4 is 11.9 Å². The number of rotatable bonds is 2. The van der Waals surface area contributed by atoms with E-state index in [9.17, 15) is 14.7 Å². The predicted octanol–water partition coefficient (Wildman–Crippen LogP) is 1.59. The van der Waals surface area contributed by atoms with Gasteiger partial charge in [-0.05, 0) is 32.1 Å². The number of hydrogen-bond acceptors (Lipinski definition) is 3. The van der Waals surface area contributed by atoms with Gasteiger partial charge in [-0.25, -0.2) is 4.79 Å². The zero-order valence-electron chi connectivity index (χ0n) is 12.5. The van der Waals surface area contributed by atoms with E-state index in [2.05, 4.69) is 5.10 Å². The average Bonchev–Trinajstić information content (AvgIpc) is 2.98. The van der Waals surface area contributed by atoms with Crippen molar-refractivity contribution < 1.29 is 14.7 Å². The fraction of sp³-hybridized carbons (Fsp3) is 0.667. The number of carboxylic acids is 1. The third-order valence-corrected chi connectivity index (χ3v) is 4.85. The number of aromatic nitrogens is 2. The molecule has 2 aliphatic rings. The van der Waals surface area contributed by atoms with Crippen LogP contribution in [0.15, 0.2) is 6.20 Å². The van der Waals surface area contributed by atoms with Crippen molar-refractivity contribution in [1.82, 2.24) is 14.7 Å². The quantitative estimate of drug-likeness (QED) is 0.897. The first-order valence-corrected chi connectivity index (χ1v) is 7.54. The summed E-state index contributed by atoms with van der Waals surface area (Å²) in [5, 5.41) is 13.7. The molecular weight excluding hydrogens is 270 g/mol. The number of nitrogens with zero attached hydrogens (tertiary/aromatic N) is 3. The Morgan fingerprint density at radius 1 is 1.33 bits per heavy atom. The van der Waals surface area contributed by atoms with Crippen molar-refractivity contribution in [2.24, 2.45) is 13.0 Å². The third kappa shape index (κ3) is 2.32. The molecule has 0 aromatic carbocycles. The third-order valence-electron chi connectivity index (χ3n) is 4.85. The van der Waals surface area contributed by atoms with Gasteiger partial charge in [0.05, 0.1) is 11.3 Å². The zero-order valence-corrected chi connectivity index (χ0v) is 12.5. The predicted molar refractivity (Wildman–Crippen MR) is 75.9 cm³/mol. The summed E-state index contributed by atoms with van der Waals surface area (Å²) in [6, 6.07) is -0.614. The SMILES string of the molecule is Cc1nn(C)cc1C(=O)N1C(C(=O)O)CC2CCCCC21. The smallest absolute Gasteiger partial charge is 0.326 e. The lowest BCUT2D eigenvalue weighted by Crippen LogP contribution is -2.46. The second-order valence-electron chi connectivity index (χ2n) is 6.22. The fourth-order valence-electron chi connectivity index (χ4n) is 3.92. The summed E-state index contributed by atoms with van der Waals surface area (Å²) < 4.78 is 1.60. The van der Waals surface area contributed by atoms with Crippen LogP contribution in [0.25, 0.3) is 0 Å². The van der Waals surface area contributed by atoms with Gasteiger partial charge in [-0.15, -0.1) is 0 Å². The molecule has 6 nitrogen and oxygen atoms in total. The van der Waals surface area contributed by atoms with Gasteiger partial charge in [0.15, 0.2) is 0 Å². The minimum Gasteiger partial charge on any atom is -0.480 e. The maximum Gasteiger partial charge on any atom is 0.326 e. The van der Waals surface area contributed by atoms with Crippen LogP contribution in [0.3, 0.4) is 0 Å². The van der Waals surface area contributed by atoms with Crippen molar-refractivity contribution in [2.75, 3.05) is 0 Å². The van der Waals surface area contributed by atoms with Crippen LogP contribution in [0.4, 0.5) is 0 Å². The normalized spacial score (nSPS) is 28.5. The number of likely N-dealkylation sites (tertiary alicyclic amines) is 1. The van der Waals surface area contributed by atoms with Crippen LogP contribution in [-0.4, -0.2) is 43.7 Å². The first-order chi connectivity index (χ1) is 9.99. The number of carbonyl (C=O) groups is 2. The highest BCUT2D eigenvalue weighted by atomic mass is 16.4. The molecule has 0 radical (unpaired) electrons. The van der Waals surface area contributed by atoms with Crippen molar-refractivity contribution in [3.05, 3.63) is 17.5 Å². The Morgan fingerprint density at radius 3 is 2.67 bits per heavy atom. The Balaban J connectivity index is 1.94. The van der Waals surface area contributed by atoms with Crippen LogP contribution in [0.5, 0.6) is 0 Å². The topological polar surface area (TPSA) is 75.4 Å². The van der Waals surface area contributed by atoms with Gasteiger partial charge in [0.2, 0.25) is 0 Å². The van der Waals surface area contributed by atoms with Crippen LogP contribution < -0.4 is 0 Å². The van der Waals surface area contributed by atoms with Gasteiger partial charge in [-0.3, -0.25) is 9.48 Å². The maximum atomic E-state index is 12.9. The van der Waals surface area contributed by atoms with Crippen molar-refractivity contribution in [1.29, 1.82) is 0 Å². The maximum absolute atomic E-state index is 12.9. The van der Waals surface area contributed by atoms with Gasteiger partial charge in [-0.1, -0.05) is 12.8 Å². The lowest BCUT2D eigenvalue weighted by atomic mass is 9.84. The summed E-state index contributed by atoms with van der Waals surface area (Å²) in [5.41, 5.74) is 1.18. The van der Waals surface area contributed by atoms with E-state index in [4.69, 9.17) is 0 Å². The standard InChI is InChI=1S/C15H21N3O3/c1-9-11(8-17(2)16-9)14(19)18-12-6-4-3-5-10(12)7-13(18)15(20)21/h8,10,12-13H,3-7H2,1-2H3,(H,20,21). The van der Waals surface area contributed by atoms with Gasteiger partial charge >= 0.3 is 5.97 Å². The lowest BCUT2D eigenvalue weighted by Gasteiger charge is -2.32. The molecule has 21 heavy (non-hydrogen) atoms. The van der Waals surface area contributed by atoms with Crippen LogP contribution in [0.2, 0.25) is 0 Å². The molecular formula is C15H21N3O3. The molecule has 2 fully saturated rings. The largest absolute Gasteiger partial charge is 0.480 e. The summed E-state index contributed by atoms with van der Waals surface area (Å²) in [4.78, 5) is 26.0. The highest BCUT2D eigenvalue weighted by Gasteiger charge is 2.48. The summed E-state index contributed by atoms with van der Waals surface area (Å²) in [5.74, 6) is -0.734. The zero-order chi connectivity index (χ0) is 15.1. The number of hydrogen-bond donors (Lipinski definition) is 1. The number of carbonyl (C=O) groups excluding carboxylic acids is 1. The summed E-state index contributed by atoms with van der Waals surface area (Å²) in [6.07, 6.45) is 6.44. The van der Waals surface area contributed by atoms with Crippen LogP contribution >= 0.6 is 0 Å². The number of aryl methyl sites for hydroxylation is 2. The van der Waals surface area contributed by atoms with Crippen molar-refractivity contribution in [3.63, 3.8) is 0 Å². The fourth-order valence-corrected chi connectivity index (χ4v) is 3.92. The molecule has 1 amide bonds. The molecule has 1 N–H and O–H groups in total. The van der Waals surface area contributed by atoms with E-state index >= 15 is 0 Å². The average molecular weight is 291 g/mol. The first kappa shape index (κ1) is 14.1. The first-order valence-electron chi connectivity index (χ1n) is 7.54. The van der Waals surface area contributed by atoms with Gasteiger partial charge < -0.3 is 10.0 Å². The highest BCUT2D eigenvalue weighted by Crippen LogP contribution is 2.40. The Bertz CT molecular complexity index is 581. The molecule has 1 saturated carbocycles. The number of amides is 1. The minimum absolute atomic E-state index is 0.0759. The molecule has 1 aliphatic carbocycles. The van der Waals surface area contributed by atoms with Crippen molar-refractivity contribution in [2.45, 2.75) is 51.1 Å². The van der Waals surface area contributed by atoms with E-state index in [1.807, 2.05) is 0 Å². The van der Waals surface area contributed by atoms with Gasteiger partial charge in [0, 0.05) is 19.3 Å². The van der Waals surface area contributed by atoms with Crippen LogP contribution in [-0.2, 0) is 11.8 Å². The Morgan fingerprint density at radius 2 is 2.05 bits per heavy atom. The Kier molecular flexibility index (Phi) is 3.47. The van der Waals surface area contributed by atoms with Gasteiger partial charge in [0.1, 0.15) is 6.04 Å². The summed E-state index contributed by atoms with van der Waals surface area (Å²) in [6.45, 7) is 1.79. The second kappa shape index (κ2) is 5.16. The Labute approximate surface area is 123 Å². The summed E-state index contributed by atoms with van der Waals surface area (Å²) >= 11 is 0. The molecule has 1 aliphatic heterocycles. The number of aliphatic carboxylic acids is 1. The van der Waals surface area contributed by atoms with Crippen molar-refractivity contribution in [3.8, 4) is 0 Å². The van der Waals surface area contributed by atoms with E-state index in [1.165, 1.54) is 0 Å². The molecule has 3 atom stereocenters. The van der Waals surface area contributed by atoms with E-state index < -0.39 is 12.0 Å². The monoisotopic (exact) mass is 291 g/mol. The second-order valence-corrected chi connectivity index (χ2v) is 6.22. The highest BCUT2D eigenvalue weighted by molar-refractivity contribution is 5.98. The van der Waals surface area contributed by atoms with Crippen LogP contribution in [0.1, 0.15) is 48.2 Å². The molecule has 114 valence electrons. The summed E-state index contributed by atoms with van der Waals surface area (Å²) in [7, 11) is 1.77. The molecule has 1 saturated heterocycles. The molecule has 0 bridgehead atoms. The van der Waals surface area contributed by atoms with E-state index in [1.54, 1.807) is 29.7 Å². The molecule has 1 aromatic rings. The van der Waals surface area contributed by atoms with Crippen LogP contribution in [0, 0.1) is 12.8 Å². The van der Waals surface area contributed by atoms with E-state index in [-0.39, 0.29) is 11.9 Å². The number of carboxylic acid groups (broad SMARTS) is 1. The lowest BCUT2D eigenvalue weighted by molar-refractivity contribution is -0.141. The molecule has 0 spiro atoms.